The number of amidine groups is 1. The average Bonchev–Trinajstić information content (AvgIpc) is 3.37. The van der Waals surface area contributed by atoms with Crippen molar-refractivity contribution in [3.8, 4) is 16.9 Å². The van der Waals surface area contributed by atoms with Gasteiger partial charge in [0, 0.05) is 40.8 Å². The van der Waals surface area contributed by atoms with Crippen LogP contribution >= 0.6 is 23.2 Å². The van der Waals surface area contributed by atoms with E-state index in [0.29, 0.717) is 57.3 Å². The normalized spacial score (nSPS) is 18.0. The molecule has 4 aromatic rings. The van der Waals surface area contributed by atoms with E-state index in [2.05, 4.69) is 40.8 Å². The van der Waals surface area contributed by atoms with E-state index in [-0.39, 0.29) is 11.1 Å². The molecule has 1 fully saturated rings. The highest BCUT2D eigenvalue weighted by molar-refractivity contribution is 6.31. The number of halogens is 3. The summed E-state index contributed by atoms with van der Waals surface area (Å²) in [5.74, 6) is 0.707. The van der Waals surface area contributed by atoms with Crippen LogP contribution in [0.5, 0.6) is 0 Å². The van der Waals surface area contributed by atoms with E-state index >= 15 is 4.39 Å². The van der Waals surface area contributed by atoms with Gasteiger partial charge in [-0.25, -0.2) is 9.18 Å². The number of fused-ring (bicyclic) bond motifs is 1. The van der Waals surface area contributed by atoms with Crippen molar-refractivity contribution >= 4 is 40.1 Å². The average molecular weight is 640 g/mol. The van der Waals surface area contributed by atoms with Gasteiger partial charge in [-0.15, -0.1) is 0 Å². The van der Waals surface area contributed by atoms with Crippen molar-refractivity contribution in [2.45, 2.75) is 77.8 Å². The van der Waals surface area contributed by atoms with Crippen molar-refractivity contribution < 1.29 is 4.39 Å². The highest BCUT2D eigenvalue weighted by Gasteiger charge is 2.29. The molecule has 3 N–H and O–H groups in total. The van der Waals surface area contributed by atoms with Gasteiger partial charge in [-0.2, -0.15) is 4.98 Å². The molecule has 0 saturated carbocycles. The number of hydrogen-bond acceptors (Lipinski definition) is 4. The molecule has 0 amide bonds. The summed E-state index contributed by atoms with van der Waals surface area (Å²) < 4.78 is 16.7. The Kier molecular flexibility index (Phi) is 10.1. The number of aromatic amines is 1. The topological polar surface area (TPSA) is 92.3 Å². The van der Waals surface area contributed by atoms with Crippen LogP contribution in [0.25, 0.3) is 28.0 Å². The number of hydrogen-bond donors (Lipinski definition) is 2. The fourth-order valence-electron chi connectivity index (χ4n) is 6.28. The molecule has 5 rings (SSSR count). The summed E-state index contributed by atoms with van der Waals surface area (Å²) >= 11 is 13.2. The van der Waals surface area contributed by atoms with Gasteiger partial charge in [0.15, 0.2) is 5.82 Å². The number of aryl methyl sites for hydroxylation is 1. The fourth-order valence-corrected chi connectivity index (χ4v) is 6.82. The Bertz CT molecular complexity index is 1720. The van der Waals surface area contributed by atoms with Gasteiger partial charge < -0.3 is 10.7 Å². The molecule has 0 unspecified atom stereocenters. The van der Waals surface area contributed by atoms with Crippen LogP contribution in [0.4, 0.5) is 4.39 Å². The predicted molar refractivity (Wildman–Crippen MR) is 180 cm³/mol. The molecule has 0 radical (unpaired) electrons. The monoisotopic (exact) mass is 638 g/mol. The van der Waals surface area contributed by atoms with E-state index in [1.807, 2.05) is 31.2 Å². The van der Waals surface area contributed by atoms with Crippen LogP contribution < -0.4 is 11.4 Å². The third-order valence-corrected chi connectivity index (χ3v) is 9.26. The van der Waals surface area contributed by atoms with Crippen LogP contribution in [0.3, 0.4) is 0 Å². The minimum absolute atomic E-state index is 0.0806. The predicted octanol–water partition coefficient (Wildman–Crippen LogP) is 8.10. The van der Waals surface area contributed by atoms with Gasteiger partial charge in [0.1, 0.15) is 5.65 Å². The zero-order valence-corrected chi connectivity index (χ0v) is 27.4. The molecule has 7 nitrogen and oxygen atoms in total. The van der Waals surface area contributed by atoms with Crippen molar-refractivity contribution in [1.29, 1.82) is 0 Å². The molecule has 0 bridgehead atoms. The van der Waals surface area contributed by atoms with E-state index in [4.69, 9.17) is 28.9 Å². The lowest BCUT2D eigenvalue weighted by atomic mass is 9.90. The fraction of sp³-hybridized carbons (Fsp3) is 0.441. The van der Waals surface area contributed by atoms with Gasteiger partial charge in [-0.3, -0.25) is 14.5 Å². The summed E-state index contributed by atoms with van der Waals surface area (Å²) in [6.45, 7) is 6.89. The first-order chi connectivity index (χ1) is 21.0. The molecule has 1 aliphatic rings. The number of benzene rings is 2. The number of nitrogens with zero attached hydrogens (tertiary/aromatic N) is 4. The lowest BCUT2D eigenvalue weighted by Crippen LogP contribution is -2.39. The van der Waals surface area contributed by atoms with Gasteiger partial charge in [0.25, 0.3) is 0 Å². The molecule has 44 heavy (non-hydrogen) atoms. The van der Waals surface area contributed by atoms with Crippen LogP contribution in [0, 0.1) is 11.7 Å². The number of likely N-dealkylation sites (tertiary alicyclic amines) is 1. The van der Waals surface area contributed by atoms with Gasteiger partial charge in [0.05, 0.1) is 22.2 Å². The summed E-state index contributed by atoms with van der Waals surface area (Å²) in [7, 11) is 2.14. The lowest BCUT2D eigenvalue weighted by molar-refractivity contribution is 0.110. The van der Waals surface area contributed by atoms with Gasteiger partial charge in [-0.05, 0) is 99.9 Å². The van der Waals surface area contributed by atoms with E-state index in [9.17, 15) is 4.79 Å². The molecule has 2 aromatic heterocycles. The Balaban J connectivity index is 1.41. The smallest absolute Gasteiger partial charge is 0.354 e. The molecule has 10 heteroatoms. The standard InChI is InChI=1S/C34H41Cl2FN6O/c1-20(2)7-5-8-22-15-27(32(37)29(36)16-22)30-17-23-19-43(34(44)41-33(23)40-30)25-11-12-26(28(35)18-25)31-10-6-9-24(42(31)4)13-14-39-21(3)38/h11-12,15-20,24,31H,5-10,13-14H2,1-4H3,(H2,38,39)(H,40,41,44)/t24-,31-/m0/s1. The Labute approximate surface area is 268 Å². The zero-order chi connectivity index (χ0) is 31.5. The molecule has 1 saturated heterocycles. The number of aliphatic imine (C=N–C) groups is 1. The van der Waals surface area contributed by atoms with Gasteiger partial charge >= 0.3 is 5.69 Å². The Morgan fingerprint density at radius 3 is 2.70 bits per heavy atom. The molecule has 2 aromatic carbocycles. The second-order valence-electron chi connectivity index (χ2n) is 12.4. The summed E-state index contributed by atoms with van der Waals surface area (Å²) in [4.78, 5) is 27.3. The largest absolute Gasteiger partial charge is 0.388 e. The third-order valence-electron chi connectivity index (χ3n) is 8.66. The first-order valence-corrected chi connectivity index (χ1v) is 16.2. The first-order valence-electron chi connectivity index (χ1n) is 15.4. The molecule has 2 atom stereocenters. The molecular weight excluding hydrogens is 598 g/mol. The summed E-state index contributed by atoms with van der Waals surface area (Å²) in [5, 5.41) is 1.35. The Hall–Kier alpha value is -3.20. The van der Waals surface area contributed by atoms with Crippen molar-refractivity contribution in [1.82, 2.24) is 19.4 Å². The van der Waals surface area contributed by atoms with E-state index in [0.717, 1.165) is 56.1 Å². The number of nitrogens with one attached hydrogen (secondary N) is 1. The van der Waals surface area contributed by atoms with Crippen molar-refractivity contribution in [2.75, 3.05) is 13.6 Å². The van der Waals surface area contributed by atoms with Gasteiger partial charge in [0.2, 0.25) is 0 Å². The maximum absolute atomic E-state index is 15.2. The number of H-pyrrole nitrogens is 1. The highest BCUT2D eigenvalue weighted by atomic mass is 35.5. The summed E-state index contributed by atoms with van der Waals surface area (Å²) in [6, 6.07) is 11.6. The van der Waals surface area contributed by atoms with E-state index in [1.165, 1.54) is 4.57 Å². The Morgan fingerprint density at radius 1 is 1.18 bits per heavy atom. The SMILES string of the molecule is CC(N)=NCC[C@@H]1CCC[C@@H](c2ccc(-n3cc4cc(-c5cc(CCCC(C)C)cc(Cl)c5F)[nH]c4nc3=O)cc2Cl)N1C. The molecule has 3 heterocycles. The van der Waals surface area contributed by atoms with Crippen molar-refractivity contribution in [3.63, 3.8) is 0 Å². The second-order valence-corrected chi connectivity index (χ2v) is 13.2. The van der Waals surface area contributed by atoms with E-state index < -0.39 is 11.5 Å². The third kappa shape index (κ3) is 7.19. The minimum atomic E-state index is -0.499. The molecular formula is C34H41Cl2FN6O. The van der Waals surface area contributed by atoms with Crippen LogP contribution in [-0.4, -0.2) is 44.9 Å². The molecule has 234 valence electrons. The summed E-state index contributed by atoms with van der Waals surface area (Å²) in [5.41, 5.74) is 9.15. The Morgan fingerprint density at radius 2 is 1.98 bits per heavy atom. The van der Waals surface area contributed by atoms with Crippen LogP contribution in [0.2, 0.25) is 10.0 Å². The molecule has 0 aliphatic carbocycles. The number of rotatable bonds is 10. The van der Waals surface area contributed by atoms with Gasteiger partial charge in [-0.1, -0.05) is 49.5 Å². The maximum Gasteiger partial charge on any atom is 0.354 e. The van der Waals surface area contributed by atoms with E-state index in [1.54, 1.807) is 18.3 Å². The first kappa shape index (κ1) is 32.2. The second kappa shape index (κ2) is 13.8. The maximum atomic E-state index is 15.2. The highest BCUT2D eigenvalue weighted by Crippen LogP contribution is 2.38. The van der Waals surface area contributed by atoms with Crippen LogP contribution in [0.1, 0.15) is 76.5 Å². The van der Waals surface area contributed by atoms with Crippen LogP contribution in [-0.2, 0) is 6.42 Å². The zero-order valence-electron chi connectivity index (χ0n) is 25.8. The molecule has 1 aliphatic heterocycles. The summed E-state index contributed by atoms with van der Waals surface area (Å²) in [6.07, 6.45) is 8.76. The number of aromatic nitrogens is 3. The van der Waals surface area contributed by atoms with Crippen molar-refractivity contribution in [3.05, 3.63) is 80.1 Å². The van der Waals surface area contributed by atoms with Crippen LogP contribution in [0.15, 0.2) is 52.4 Å². The minimum Gasteiger partial charge on any atom is -0.388 e. The lowest BCUT2D eigenvalue weighted by Gasteiger charge is -2.40. The number of nitrogens with two attached hydrogens (primary N) is 1. The number of piperidine rings is 1. The van der Waals surface area contributed by atoms with Crippen molar-refractivity contribution in [2.24, 2.45) is 16.6 Å². The quantitative estimate of drug-likeness (QED) is 0.136. The molecule has 0 spiro atoms.